The highest BCUT2D eigenvalue weighted by Crippen LogP contribution is 2.24. The fourth-order valence-electron chi connectivity index (χ4n) is 1.59. The SMILES string of the molecule is O=[N+]([O-])c1cc(Br)ccc1Cn1cc(CO)cn1. The second kappa shape index (κ2) is 5.28. The van der Waals surface area contributed by atoms with Gasteiger partial charge in [-0.2, -0.15) is 5.10 Å². The number of rotatable bonds is 4. The number of benzene rings is 1. The van der Waals surface area contributed by atoms with Crippen LogP contribution in [0.4, 0.5) is 5.69 Å². The van der Waals surface area contributed by atoms with Crippen LogP contribution in [0, 0.1) is 10.1 Å². The molecule has 0 aliphatic carbocycles. The van der Waals surface area contributed by atoms with Gasteiger partial charge in [0.2, 0.25) is 0 Å². The first-order chi connectivity index (χ1) is 8.60. The molecule has 0 atom stereocenters. The van der Waals surface area contributed by atoms with Gasteiger partial charge < -0.3 is 5.11 Å². The molecular formula is C11H10BrN3O3. The van der Waals surface area contributed by atoms with Crippen LogP contribution in [0.15, 0.2) is 35.1 Å². The van der Waals surface area contributed by atoms with Gasteiger partial charge in [-0.3, -0.25) is 14.8 Å². The molecule has 0 bridgehead atoms. The van der Waals surface area contributed by atoms with Crippen LogP contribution < -0.4 is 0 Å². The van der Waals surface area contributed by atoms with E-state index in [9.17, 15) is 10.1 Å². The third-order valence-electron chi connectivity index (χ3n) is 2.45. The summed E-state index contributed by atoms with van der Waals surface area (Å²) in [6.07, 6.45) is 3.19. The van der Waals surface area contributed by atoms with Gasteiger partial charge in [-0.1, -0.05) is 15.9 Å². The highest BCUT2D eigenvalue weighted by molar-refractivity contribution is 9.10. The Morgan fingerprint density at radius 2 is 2.28 bits per heavy atom. The molecule has 7 heteroatoms. The molecule has 2 rings (SSSR count). The van der Waals surface area contributed by atoms with Crippen LogP contribution in [0.1, 0.15) is 11.1 Å². The summed E-state index contributed by atoms with van der Waals surface area (Å²) < 4.78 is 2.22. The summed E-state index contributed by atoms with van der Waals surface area (Å²) in [5, 5.41) is 23.9. The topological polar surface area (TPSA) is 81.2 Å². The number of nitro benzene ring substituents is 1. The van der Waals surface area contributed by atoms with Gasteiger partial charge in [-0.05, 0) is 12.1 Å². The maximum absolute atomic E-state index is 10.9. The summed E-state index contributed by atoms with van der Waals surface area (Å²) in [6.45, 7) is 0.200. The smallest absolute Gasteiger partial charge is 0.275 e. The Balaban J connectivity index is 2.30. The van der Waals surface area contributed by atoms with E-state index < -0.39 is 4.92 Å². The van der Waals surface area contributed by atoms with E-state index in [-0.39, 0.29) is 12.3 Å². The zero-order valence-corrected chi connectivity index (χ0v) is 10.9. The van der Waals surface area contributed by atoms with Gasteiger partial charge >= 0.3 is 0 Å². The molecule has 0 saturated heterocycles. The Bertz CT molecular complexity index is 583. The van der Waals surface area contributed by atoms with Crippen molar-refractivity contribution in [2.75, 3.05) is 0 Å². The monoisotopic (exact) mass is 311 g/mol. The van der Waals surface area contributed by atoms with Crippen LogP contribution in [0.2, 0.25) is 0 Å². The normalized spacial score (nSPS) is 10.6. The van der Waals surface area contributed by atoms with E-state index >= 15 is 0 Å². The summed E-state index contributed by atoms with van der Waals surface area (Å²) in [5.74, 6) is 0. The minimum Gasteiger partial charge on any atom is -0.392 e. The van der Waals surface area contributed by atoms with Gasteiger partial charge in [0.1, 0.15) is 0 Å². The number of aliphatic hydroxyl groups excluding tert-OH is 1. The van der Waals surface area contributed by atoms with Crippen molar-refractivity contribution in [2.24, 2.45) is 0 Å². The number of hydrogen-bond acceptors (Lipinski definition) is 4. The molecule has 0 aliphatic heterocycles. The quantitative estimate of drug-likeness (QED) is 0.692. The lowest BCUT2D eigenvalue weighted by atomic mass is 10.2. The van der Waals surface area contributed by atoms with Crippen LogP contribution >= 0.6 is 15.9 Å². The Hall–Kier alpha value is -1.73. The molecule has 0 radical (unpaired) electrons. The van der Waals surface area contributed by atoms with Crippen molar-refractivity contribution in [1.29, 1.82) is 0 Å². The van der Waals surface area contributed by atoms with Crippen molar-refractivity contribution in [3.05, 3.63) is 56.3 Å². The van der Waals surface area contributed by atoms with Crippen molar-refractivity contribution in [3.63, 3.8) is 0 Å². The van der Waals surface area contributed by atoms with E-state index in [1.54, 1.807) is 23.0 Å². The number of nitro groups is 1. The van der Waals surface area contributed by atoms with E-state index in [1.165, 1.54) is 12.3 Å². The number of aliphatic hydroxyl groups is 1. The van der Waals surface area contributed by atoms with E-state index in [0.717, 1.165) is 0 Å². The lowest BCUT2D eigenvalue weighted by molar-refractivity contribution is -0.385. The van der Waals surface area contributed by atoms with Crippen molar-refractivity contribution in [3.8, 4) is 0 Å². The molecule has 0 fully saturated rings. The third kappa shape index (κ3) is 2.74. The Morgan fingerprint density at radius 3 is 2.89 bits per heavy atom. The van der Waals surface area contributed by atoms with Gasteiger partial charge in [0.25, 0.3) is 5.69 Å². The molecule has 1 aromatic heterocycles. The average molecular weight is 312 g/mol. The molecule has 0 spiro atoms. The van der Waals surface area contributed by atoms with Gasteiger partial charge in [-0.25, -0.2) is 0 Å². The largest absolute Gasteiger partial charge is 0.392 e. The molecule has 1 heterocycles. The summed E-state index contributed by atoms with van der Waals surface area (Å²) >= 11 is 3.21. The summed E-state index contributed by atoms with van der Waals surface area (Å²) in [4.78, 5) is 10.5. The molecule has 2 aromatic rings. The fourth-order valence-corrected chi connectivity index (χ4v) is 1.94. The van der Waals surface area contributed by atoms with Crippen LogP contribution in [0.3, 0.4) is 0 Å². The van der Waals surface area contributed by atoms with Gasteiger partial charge in [0.15, 0.2) is 0 Å². The first-order valence-corrected chi connectivity index (χ1v) is 5.94. The summed E-state index contributed by atoms with van der Waals surface area (Å²) in [5.41, 5.74) is 1.29. The van der Waals surface area contributed by atoms with Crippen LogP contribution in [0.5, 0.6) is 0 Å². The molecule has 94 valence electrons. The minimum absolute atomic E-state index is 0.0467. The maximum atomic E-state index is 10.9. The number of nitrogens with zero attached hydrogens (tertiary/aromatic N) is 3. The molecule has 0 aliphatic rings. The average Bonchev–Trinajstić information content (AvgIpc) is 2.79. The molecule has 0 saturated carbocycles. The van der Waals surface area contributed by atoms with E-state index in [1.807, 2.05) is 0 Å². The molecule has 1 N–H and O–H groups in total. The second-order valence-electron chi connectivity index (χ2n) is 3.73. The van der Waals surface area contributed by atoms with Crippen LogP contribution in [-0.4, -0.2) is 19.8 Å². The molecule has 0 amide bonds. The van der Waals surface area contributed by atoms with Crippen molar-refractivity contribution >= 4 is 21.6 Å². The van der Waals surface area contributed by atoms with Gasteiger partial charge in [0, 0.05) is 22.3 Å². The number of aromatic nitrogens is 2. The second-order valence-corrected chi connectivity index (χ2v) is 4.65. The summed E-state index contributed by atoms with van der Waals surface area (Å²) in [6, 6.07) is 4.90. The molecule has 18 heavy (non-hydrogen) atoms. The fraction of sp³-hybridized carbons (Fsp3) is 0.182. The zero-order chi connectivity index (χ0) is 13.1. The van der Waals surface area contributed by atoms with Crippen LogP contribution in [0.25, 0.3) is 0 Å². The minimum atomic E-state index is -0.420. The van der Waals surface area contributed by atoms with Gasteiger partial charge in [0.05, 0.1) is 29.8 Å². The van der Waals surface area contributed by atoms with Crippen molar-refractivity contribution in [2.45, 2.75) is 13.2 Å². The lowest BCUT2D eigenvalue weighted by Gasteiger charge is -2.03. The van der Waals surface area contributed by atoms with Crippen LogP contribution in [-0.2, 0) is 13.2 Å². The molecule has 6 nitrogen and oxygen atoms in total. The molecule has 0 unspecified atom stereocenters. The van der Waals surface area contributed by atoms with Gasteiger partial charge in [-0.15, -0.1) is 0 Å². The first-order valence-electron chi connectivity index (χ1n) is 5.15. The maximum Gasteiger partial charge on any atom is 0.275 e. The first kappa shape index (κ1) is 12.7. The van der Waals surface area contributed by atoms with E-state index in [4.69, 9.17) is 5.11 Å². The zero-order valence-electron chi connectivity index (χ0n) is 9.28. The number of hydrogen-bond donors (Lipinski definition) is 1. The predicted molar refractivity (Wildman–Crippen MR) is 68.0 cm³/mol. The third-order valence-corrected chi connectivity index (χ3v) is 2.94. The Labute approximate surface area is 111 Å². The van der Waals surface area contributed by atoms with E-state index in [2.05, 4.69) is 21.0 Å². The lowest BCUT2D eigenvalue weighted by Crippen LogP contribution is -2.03. The highest BCUT2D eigenvalue weighted by Gasteiger charge is 2.14. The summed E-state index contributed by atoms with van der Waals surface area (Å²) in [7, 11) is 0. The molecule has 1 aromatic carbocycles. The van der Waals surface area contributed by atoms with Crippen molar-refractivity contribution < 1.29 is 10.0 Å². The standard InChI is InChI=1S/C11H10BrN3O3/c12-10-2-1-9(11(3-10)15(17)18)6-14-5-8(7-16)4-13-14/h1-5,16H,6-7H2. The highest BCUT2D eigenvalue weighted by atomic mass is 79.9. The molecular weight excluding hydrogens is 302 g/mol. The predicted octanol–water partition coefficient (Wildman–Crippen LogP) is 2.09. The number of halogens is 1. The Morgan fingerprint density at radius 1 is 1.50 bits per heavy atom. The Kier molecular flexibility index (Phi) is 3.73. The van der Waals surface area contributed by atoms with Crippen molar-refractivity contribution in [1.82, 2.24) is 9.78 Å². The van der Waals surface area contributed by atoms with E-state index in [0.29, 0.717) is 22.1 Å².